The lowest BCUT2D eigenvalue weighted by atomic mass is 10.2. The molecule has 0 aliphatic heterocycles. The normalized spacial score (nSPS) is 27.6. The number of allylic oxidation sites excluding steroid dienone is 1. The van der Waals surface area contributed by atoms with Crippen molar-refractivity contribution in [3.05, 3.63) is 83.4 Å². The van der Waals surface area contributed by atoms with Crippen LogP contribution in [0.5, 0.6) is 0 Å². The minimum Gasteiger partial charge on any atom is -0.396 e. The molecule has 41 heavy (non-hydrogen) atoms. The average Bonchev–Trinajstić information content (AvgIpc) is 3.80. The Hall–Kier alpha value is -1.76. The number of aliphatic hydroxyl groups excluding tert-OH is 1. The molecule has 1 N–H and O–H groups in total. The van der Waals surface area contributed by atoms with Gasteiger partial charge >= 0.3 is 0 Å². The van der Waals surface area contributed by atoms with Crippen molar-refractivity contribution in [3.8, 4) is 0 Å². The summed E-state index contributed by atoms with van der Waals surface area (Å²) in [5, 5.41) is 7.88. The lowest BCUT2D eigenvalue weighted by Crippen LogP contribution is -2.14. The fourth-order valence-electron chi connectivity index (χ4n) is 5.49. The second kappa shape index (κ2) is 13.3. The highest BCUT2D eigenvalue weighted by molar-refractivity contribution is 7.60. The van der Waals surface area contributed by atoms with Crippen LogP contribution in [0.15, 0.2) is 49.1 Å². The van der Waals surface area contributed by atoms with Gasteiger partial charge in [-0.2, -0.15) is 0 Å². The van der Waals surface area contributed by atoms with Gasteiger partial charge in [-0.3, -0.25) is 9.13 Å². The molecule has 5 nitrogen and oxygen atoms in total. The zero-order valence-corrected chi connectivity index (χ0v) is 25.8. The molecule has 2 saturated carbocycles. The van der Waals surface area contributed by atoms with Crippen LogP contribution < -0.4 is 0 Å². The number of hydrogen-bond donors (Lipinski definition) is 1. The van der Waals surface area contributed by atoms with Crippen LogP contribution in [-0.2, 0) is 30.5 Å². The summed E-state index contributed by atoms with van der Waals surface area (Å²) in [6, 6.07) is 7.26. The van der Waals surface area contributed by atoms with Crippen LogP contribution in [0.4, 0.5) is 17.6 Å². The topological polar surface area (TPSA) is 72.8 Å². The Morgan fingerprint density at radius 1 is 0.854 bits per heavy atom. The van der Waals surface area contributed by atoms with Crippen LogP contribution in [-0.4, -0.2) is 35.2 Å². The number of aliphatic hydroxyl groups is 1. The van der Waals surface area contributed by atoms with Gasteiger partial charge in [0.1, 0.15) is 23.3 Å². The van der Waals surface area contributed by atoms with E-state index in [-0.39, 0.29) is 55.1 Å². The van der Waals surface area contributed by atoms with Gasteiger partial charge in [0.2, 0.25) is 14.7 Å². The Morgan fingerprint density at radius 3 is 1.61 bits per heavy atom. The molecule has 0 saturated heterocycles. The molecule has 6 atom stereocenters. The molecule has 0 amide bonds. The lowest BCUT2D eigenvalue weighted by Gasteiger charge is -2.26. The van der Waals surface area contributed by atoms with Gasteiger partial charge in [0.25, 0.3) is 0 Å². The molecular formula is C30H40F4O5P2. The van der Waals surface area contributed by atoms with Crippen LogP contribution in [0.3, 0.4) is 0 Å². The van der Waals surface area contributed by atoms with Crippen molar-refractivity contribution in [1.29, 1.82) is 0 Å². The van der Waals surface area contributed by atoms with Gasteiger partial charge in [-0.25, -0.2) is 17.6 Å². The molecule has 0 spiro atoms. The summed E-state index contributed by atoms with van der Waals surface area (Å²) in [5.74, 6) is -2.59. The second-order valence-corrected chi connectivity index (χ2v) is 17.0. The summed E-state index contributed by atoms with van der Waals surface area (Å²) >= 11 is 0. The zero-order valence-electron chi connectivity index (χ0n) is 24.0. The maximum Gasteiger partial charge on any atom is 0.213 e. The molecule has 0 radical (unpaired) electrons. The summed E-state index contributed by atoms with van der Waals surface area (Å²) in [7, 11) is -6.44. The maximum absolute atomic E-state index is 13.8. The van der Waals surface area contributed by atoms with E-state index in [1.165, 1.54) is 24.3 Å². The Morgan fingerprint density at radius 2 is 1.27 bits per heavy atom. The summed E-state index contributed by atoms with van der Waals surface area (Å²) in [5.41, 5.74) is -0.328. The molecule has 2 unspecified atom stereocenters. The van der Waals surface area contributed by atoms with Crippen LogP contribution in [0.25, 0.3) is 0 Å². The Kier molecular flexibility index (Phi) is 10.9. The minimum absolute atomic E-state index is 0.0143. The molecule has 2 fully saturated rings. The number of rotatable bonds is 13. The van der Waals surface area contributed by atoms with E-state index in [0.717, 1.165) is 12.1 Å². The first kappa shape index (κ1) is 33.7. The van der Waals surface area contributed by atoms with E-state index in [4.69, 9.17) is 14.2 Å². The van der Waals surface area contributed by atoms with Crippen molar-refractivity contribution in [2.24, 2.45) is 11.8 Å². The highest BCUT2D eigenvalue weighted by atomic mass is 31.2. The number of hydrogen-bond acceptors (Lipinski definition) is 5. The standard InChI is InChI=1S/C15H21F2O3P.C15H19F2O2P/c1-3-20-21(19,15(2)9-11(15)7-8-18)10-12-13(16)5-4-6-14(12)17;1-4-11-9-15(11,3)20(18,19-5-2)10-12-13(16)7-6-8-14(12)17/h4-6,11,18H,3,7-10H2,1-2H3;4,6-8,11H,1,5,9-10H2,2-3H3/t11-,15+,21?;11-,15+,20?/m11/s1. The minimum atomic E-state index is -3.24. The predicted octanol–water partition coefficient (Wildman–Crippen LogP) is 8.68. The summed E-state index contributed by atoms with van der Waals surface area (Å²) < 4.78 is 92.5. The zero-order chi connectivity index (χ0) is 30.6. The molecular weight excluding hydrogens is 578 g/mol. The van der Waals surface area contributed by atoms with Crippen molar-refractivity contribution in [2.75, 3.05) is 19.8 Å². The van der Waals surface area contributed by atoms with Gasteiger partial charge in [-0.15, -0.1) is 6.58 Å². The maximum atomic E-state index is 13.8. The molecule has 2 aromatic carbocycles. The molecule has 0 bridgehead atoms. The summed E-state index contributed by atoms with van der Waals surface area (Å²) in [6.45, 7) is 11.3. The summed E-state index contributed by atoms with van der Waals surface area (Å²) in [4.78, 5) is 0. The van der Waals surface area contributed by atoms with Gasteiger partial charge in [-0.1, -0.05) is 25.1 Å². The van der Waals surface area contributed by atoms with Crippen molar-refractivity contribution < 1.29 is 40.8 Å². The highest BCUT2D eigenvalue weighted by Crippen LogP contribution is 2.76. The SMILES string of the molecule is C=C[C@@H]1C[C@]1(C)P(=O)(Cc1c(F)cccc1F)OCC.CCOP(=O)(Cc1c(F)cccc1F)[C@@]1(C)C[C@H]1CCO. The van der Waals surface area contributed by atoms with E-state index in [0.29, 0.717) is 19.3 Å². The number of halogens is 4. The van der Waals surface area contributed by atoms with E-state index in [1.807, 2.05) is 13.8 Å². The fourth-order valence-corrected chi connectivity index (χ4v) is 11.5. The molecule has 2 aliphatic carbocycles. The van der Waals surface area contributed by atoms with Gasteiger partial charge in [0.15, 0.2) is 0 Å². The molecule has 2 aliphatic rings. The van der Waals surface area contributed by atoms with Gasteiger partial charge in [-0.05, 0) is 76.1 Å². The van der Waals surface area contributed by atoms with Crippen molar-refractivity contribution in [3.63, 3.8) is 0 Å². The molecule has 4 rings (SSSR count). The monoisotopic (exact) mass is 618 g/mol. The first-order valence-corrected chi connectivity index (χ1v) is 17.4. The fraction of sp³-hybridized carbons (Fsp3) is 0.533. The van der Waals surface area contributed by atoms with Gasteiger partial charge in [0, 0.05) is 22.9 Å². The van der Waals surface area contributed by atoms with E-state index in [2.05, 4.69) is 6.58 Å². The first-order valence-electron chi connectivity index (χ1n) is 13.8. The lowest BCUT2D eigenvalue weighted by molar-refractivity contribution is 0.275. The third-order valence-corrected chi connectivity index (χ3v) is 15.5. The van der Waals surface area contributed by atoms with Crippen molar-refractivity contribution >= 4 is 14.7 Å². The van der Waals surface area contributed by atoms with E-state index >= 15 is 0 Å². The van der Waals surface area contributed by atoms with Crippen molar-refractivity contribution in [2.45, 2.75) is 69.6 Å². The molecule has 0 aromatic heterocycles. The smallest absolute Gasteiger partial charge is 0.213 e. The summed E-state index contributed by atoms with van der Waals surface area (Å²) in [6.07, 6.45) is 3.17. The third-order valence-electron chi connectivity index (χ3n) is 8.50. The molecule has 228 valence electrons. The Labute approximate surface area is 240 Å². The average molecular weight is 619 g/mol. The van der Waals surface area contributed by atoms with Crippen molar-refractivity contribution in [1.82, 2.24) is 0 Å². The van der Waals surface area contributed by atoms with Gasteiger partial charge < -0.3 is 14.2 Å². The highest BCUT2D eigenvalue weighted by Gasteiger charge is 2.63. The second-order valence-electron chi connectivity index (χ2n) is 11.1. The Bertz CT molecular complexity index is 1300. The number of benzene rings is 2. The third kappa shape index (κ3) is 6.91. The van der Waals surface area contributed by atoms with E-state index in [9.17, 15) is 26.7 Å². The largest absolute Gasteiger partial charge is 0.396 e. The molecule has 11 heteroatoms. The van der Waals surface area contributed by atoms with Crippen LogP contribution in [0.2, 0.25) is 0 Å². The van der Waals surface area contributed by atoms with Crippen LogP contribution >= 0.6 is 14.7 Å². The predicted molar refractivity (Wildman–Crippen MR) is 154 cm³/mol. The van der Waals surface area contributed by atoms with Crippen LogP contribution in [0.1, 0.15) is 58.1 Å². The van der Waals surface area contributed by atoms with E-state index < -0.39 is 48.3 Å². The molecule has 0 heterocycles. The van der Waals surface area contributed by atoms with E-state index in [1.54, 1.807) is 19.9 Å². The Balaban J connectivity index is 0.000000226. The first-order chi connectivity index (χ1) is 19.3. The quantitative estimate of drug-likeness (QED) is 0.138. The van der Waals surface area contributed by atoms with Crippen LogP contribution in [0, 0.1) is 35.1 Å². The molecule has 2 aromatic rings. The van der Waals surface area contributed by atoms with Gasteiger partial charge in [0.05, 0.1) is 30.7 Å².